The molecule has 6 nitrogen and oxygen atoms in total. The Hall–Kier alpha value is -2.58. The van der Waals surface area contributed by atoms with Gasteiger partial charge in [-0.3, -0.25) is 9.79 Å². The molecule has 4 unspecified atom stereocenters. The molecule has 1 amide bonds. The molecule has 2 fully saturated rings. The summed E-state index contributed by atoms with van der Waals surface area (Å²) in [6, 6.07) is 1.61. The fourth-order valence-corrected chi connectivity index (χ4v) is 4.44. The minimum absolute atomic E-state index is 0.0658. The summed E-state index contributed by atoms with van der Waals surface area (Å²) in [6.45, 7) is 5.58. The first kappa shape index (κ1) is 22.6. The van der Waals surface area contributed by atoms with Crippen molar-refractivity contribution in [1.29, 1.82) is 0 Å². The number of dihydropyridines is 1. The number of fused-ring (bicyclic) bond motifs is 1. The van der Waals surface area contributed by atoms with Crippen LogP contribution in [0.5, 0.6) is 0 Å². The number of ether oxygens (including phenoxy) is 1. The van der Waals surface area contributed by atoms with E-state index in [2.05, 4.69) is 15.3 Å². The van der Waals surface area contributed by atoms with E-state index in [0.717, 1.165) is 37.2 Å². The lowest BCUT2D eigenvalue weighted by Gasteiger charge is -2.38. The van der Waals surface area contributed by atoms with Gasteiger partial charge in [0.15, 0.2) is 6.04 Å². The second-order valence-electron chi connectivity index (χ2n) is 8.87. The van der Waals surface area contributed by atoms with Gasteiger partial charge in [-0.05, 0) is 56.2 Å². The first-order valence-electron chi connectivity index (χ1n) is 11.2. The zero-order valence-corrected chi connectivity index (χ0v) is 18.4. The maximum atomic E-state index is 13.5. The Morgan fingerprint density at radius 1 is 1.28 bits per heavy atom. The van der Waals surface area contributed by atoms with Crippen LogP contribution in [0.25, 0.3) is 0 Å². The summed E-state index contributed by atoms with van der Waals surface area (Å²) in [5, 5.41) is 3.12. The van der Waals surface area contributed by atoms with E-state index in [4.69, 9.17) is 4.74 Å². The Balaban J connectivity index is 1.45. The first-order chi connectivity index (χ1) is 15.3. The van der Waals surface area contributed by atoms with Crippen LogP contribution < -0.4 is 5.32 Å². The Morgan fingerprint density at radius 2 is 2.09 bits per heavy atom. The third kappa shape index (κ3) is 5.07. The van der Waals surface area contributed by atoms with Crippen LogP contribution in [0.2, 0.25) is 0 Å². The number of hydrogen-bond acceptors (Lipinski definition) is 5. The molecule has 0 aromatic carbocycles. The number of likely N-dealkylation sites (tertiary alicyclic amines) is 1. The van der Waals surface area contributed by atoms with E-state index in [-0.39, 0.29) is 11.9 Å². The van der Waals surface area contributed by atoms with Gasteiger partial charge in [-0.1, -0.05) is 6.92 Å². The molecule has 0 bridgehead atoms. The molecule has 3 aliphatic rings. The number of rotatable bonds is 7. The maximum absolute atomic E-state index is 13.5. The number of hydrogen-bond donors (Lipinski definition) is 1. The van der Waals surface area contributed by atoms with Crippen molar-refractivity contribution < 1.29 is 22.7 Å². The number of amides is 1. The van der Waals surface area contributed by atoms with Gasteiger partial charge in [0.25, 0.3) is 5.91 Å². The van der Waals surface area contributed by atoms with Gasteiger partial charge >= 0.3 is 6.18 Å². The minimum Gasteiger partial charge on any atom is -0.495 e. The molecule has 1 saturated carbocycles. The van der Waals surface area contributed by atoms with Gasteiger partial charge in [0.1, 0.15) is 11.6 Å². The summed E-state index contributed by atoms with van der Waals surface area (Å²) < 4.78 is 44.1. The summed E-state index contributed by atoms with van der Waals surface area (Å²) in [5.74, 6) is 2.05. The van der Waals surface area contributed by atoms with Crippen molar-refractivity contribution in [2.45, 2.75) is 57.8 Å². The highest BCUT2D eigenvalue weighted by molar-refractivity contribution is 5.92. The number of alkyl halides is 3. The number of allylic oxidation sites excluding steroid dienone is 1. The van der Waals surface area contributed by atoms with Crippen molar-refractivity contribution in [3.8, 4) is 0 Å². The van der Waals surface area contributed by atoms with Crippen LogP contribution in [0.4, 0.5) is 19.0 Å². The smallest absolute Gasteiger partial charge is 0.417 e. The molecule has 9 heteroatoms. The number of pyridine rings is 1. The molecule has 3 heterocycles. The number of aliphatic imine (C=N–C) groups is 1. The molecular weight excluding hydrogens is 421 g/mol. The predicted octanol–water partition coefficient (Wildman–Crippen LogP) is 4.29. The molecule has 2 aliphatic heterocycles. The van der Waals surface area contributed by atoms with Crippen LogP contribution >= 0.6 is 0 Å². The number of carbonyl (C=O) groups excluding carboxylic acids is 1. The molecule has 4 rings (SSSR count). The Bertz CT molecular complexity index is 897. The highest BCUT2D eigenvalue weighted by Crippen LogP contribution is 2.47. The van der Waals surface area contributed by atoms with Gasteiger partial charge in [-0.25, -0.2) is 4.98 Å². The molecule has 1 aromatic heterocycles. The van der Waals surface area contributed by atoms with Crippen molar-refractivity contribution in [1.82, 2.24) is 9.88 Å². The predicted molar refractivity (Wildman–Crippen MR) is 115 cm³/mol. The van der Waals surface area contributed by atoms with Crippen LogP contribution in [0.3, 0.4) is 0 Å². The molecule has 1 aromatic rings. The molecule has 32 heavy (non-hydrogen) atoms. The zero-order chi connectivity index (χ0) is 22.9. The molecule has 4 atom stereocenters. The third-order valence-electron chi connectivity index (χ3n) is 6.33. The van der Waals surface area contributed by atoms with E-state index in [1.54, 1.807) is 0 Å². The van der Waals surface area contributed by atoms with Crippen LogP contribution in [0.15, 0.2) is 35.2 Å². The van der Waals surface area contributed by atoms with Crippen LogP contribution in [-0.4, -0.2) is 53.3 Å². The normalized spacial score (nSPS) is 27.2. The number of carbonyl (C=O) groups is 1. The van der Waals surface area contributed by atoms with Crippen molar-refractivity contribution in [2.75, 3.05) is 25.0 Å². The Labute approximate surface area is 185 Å². The highest BCUT2D eigenvalue weighted by atomic mass is 19.4. The zero-order valence-electron chi connectivity index (χ0n) is 18.4. The molecule has 174 valence electrons. The van der Waals surface area contributed by atoms with E-state index >= 15 is 0 Å². The maximum Gasteiger partial charge on any atom is 0.417 e. The van der Waals surface area contributed by atoms with Crippen LogP contribution in [0, 0.1) is 11.8 Å². The number of anilines is 1. The quantitative estimate of drug-likeness (QED) is 0.673. The largest absolute Gasteiger partial charge is 0.495 e. The molecular formula is C23H29F3N4O2. The molecule has 1 aliphatic carbocycles. The van der Waals surface area contributed by atoms with Crippen molar-refractivity contribution >= 4 is 17.4 Å². The summed E-state index contributed by atoms with van der Waals surface area (Å²) in [6.07, 6.45) is 1.87. The summed E-state index contributed by atoms with van der Waals surface area (Å²) in [5.41, 5.74) is 0.118. The average molecular weight is 451 g/mol. The average Bonchev–Trinajstić information content (AvgIpc) is 3.53. The van der Waals surface area contributed by atoms with E-state index in [1.807, 2.05) is 24.8 Å². The van der Waals surface area contributed by atoms with E-state index in [9.17, 15) is 18.0 Å². The van der Waals surface area contributed by atoms with Gasteiger partial charge in [0.05, 0.1) is 12.2 Å². The number of halogens is 3. The minimum atomic E-state index is -4.41. The number of aromatic nitrogens is 1. The standard InChI is InChI=1S/C23H29F3N4O2/c1-3-8-32-19-6-4-14(2)29-21(19)22(31)30-13-16-9-15(16)10-18(30)12-28-20-7-5-17(11-27-20)23(24,25)26/h5-7,11,15-16,18,21H,3-4,8-10,12-13H2,1-2H3,(H,27,28). The third-order valence-corrected chi connectivity index (χ3v) is 6.33. The van der Waals surface area contributed by atoms with Gasteiger partial charge in [-0.2, -0.15) is 13.2 Å². The fraction of sp³-hybridized carbons (Fsp3) is 0.609. The number of nitrogens with zero attached hydrogens (tertiary/aromatic N) is 3. The molecule has 1 N–H and O–H groups in total. The van der Waals surface area contributed by atoms with Crippen molar-refractivity contribution in [2.24, 2.45) is 16.8 Å². The second-order valence-corrected chi connectivity index (χ2v) is 8.87. The lowest BCUT2D eigenvalue weighted by atomic mass is 9.99. The lowest BCUT2D eigenvalue weighted by molar-refractivity contribution is -0.138. The SMILES string of the molecule is CCCOC1=CCC(C)=NC1C(=O)N1CC2CC2CC1CNc1ccc(C(F)(F)F)cn1. The number of nitrogens with one attached hydrogen (secondary N) is 1. The van der Waals surface area contributed by atoms with Crippen molar-refractivity contribution in [3.05, 3.63) is 35.7 Å². The second kappa shape index (κ2) is 9.11. The Kier molecular flexibility index (Phi) is 6.44. The van der Waals surface area contributed by atoms with Gasteiger partial charge in [-0.15, -0.1) is 0 Å². The molecule has 0 radical (unpaired) electrons. The summed E-state index contributed by atoms with van der Waals surface area (Å²) in [7, 11) is 0. The highest BCUT2D eigenvalue weighted by Gasteiger charge is 2.48. The molecule has 0 spiro atoms. The van der Waals surface area contributed by atoms with Gasteiger partial charge < -0.3 is 15.0 Å². The van der Waals surface area contributed by atoms with E-state index in [0.29, 0.717) is 49.5 Å². The van der Waals surface area contributed by atoms with Crippen LogP contribution in [0.1, 0.15) is 45.1 Å². The monoisotopic (exact) mass is 450 g/mol. The summed E-state index contributed by atoms with van der Waals surface area (Å²) in [4.78, 5) is 23.9. The van der Waals surface area contributed by atoms with E-state index < -0.39 is 17.8 Å². The topological polar surface area (TPSA) is 66.8 Å². The van der Waals surface area contributed by atoms with Gasteiger partial charge in [0, 0.05) is 37.5 Å². The fourth-order valence-electron chi connectivity index (χ4n) is 4.44. The van der Waals surface area contributed by atoms with E-state index in [1.165, 1.54) is 6.07 Å². The lowest BCUT2D eigenvalue weighted by Crippen LogP contribution is -2.52. The van der Waals surface area contributed by atoms with Gasteiger partial charge in [0.2, 0.25) is 0 Å². The van der Waals surface area contributed by atoms with Crippen molar-refractivity contribution in [3.63, 3.8) is 0 Å². The van der Waals surface area contributed by atoms with Crippen LogP contribution in [-0.2, 0) is 15.7 Å². The Morgan fingerprint density at radius 3 is 2.78 bits per heavy atom. The molecule has 1 saturated heterocycles. The first-order valence-corrected chi connectivity index (χ1v) is 11.2. The number of piperidine rings is 1. The summed E-state index contributed by atoms with van der Waals surface area (Å²) >= 11 is 0.